The van der Waals surface area contributed by atoms with Crippen LogP contribution in [0.3, 0.4) is 0 Å². The summed E-state index contributed by atoms with van der Waals surface area (Å²) < 4.78 is 13.8. The van der Waals surface area contributed by atoms with Crippen molar-refractivity contribution in [3.05, 3.63) is 56.8 Å². The van der Waals surface area contributed by atoms with Gasteiger partial charge in [-0.1, -0.05) is 27.7 Å². The van der Waals surface area contributed by atoms with Crippen LogP contribution in [0.5, 0.6) is 11.5 Å². The molecule has 3 aromatic heterocycles. The summed E-state index contributed by atoms with van der Waals surface area (Å²) in [5, 5.41) is 1.85. The minimum Gasteiger partial charge on any atom is -0.493 e. The first-order valence-electron chi connectivity index (χ1n) is 11.4. The lowest BCUT2D eigenvalue weighted by Crippen LogP contribution is -2.41. The van der Waals surface area contributed by atoms with Crippen molar-refractivity contribution < 1.29 is 9.47 Å². The Hall–Kier alpha value is -3.62. The standard InChI is InChI=1S/C25H31N5O4/c1-14(2)12-29-23-22(24(31)30(25(29)32)13-15(3)4)27-21(28-23)8-17-11-26-10-16-7-19(33-5)20(34-6)9-18(16)17/h7,9-11,14-15H,8,12-13H2,1-6H3,(H,27,28). The molecule has 9 heteroatoms. The highest BCUT2D eigenvalue weighted by molar-refractivity contribution is 5.88. The van der Waals surface area contributed by atoms with Crippen LogP contribution in [0.15, 0.2) is 34.1 Å². The number of ether oxygens (including phenoxy) is 2. The van der Waals surface area contributed by atoms with Crippen molar-refractivity contribution in [1.29, 1.82) is 0 Å². The van der Waals surface area contributed by atoms with Crippen LogP contribution in [-0.2, 0) is 19.5 Å². The van der Waals surface area contributed by atoms with Gasteiger partial charge < -0.3 is 14.5 Å². The van der Waals surface area contributed by atoms with Crippen LogP contribution < -0.4 is 20.7 Å². The predicted molar refractivity (Wildman–Crippen MR) is 132 cm³/mol. The van der Waals surface area contributed by atoms with Crippen LogP contribution in [0.1, 0.15) is 39.1 Å². The Morgan fingerprint density at radius 3 is 2.24 bits per heavy atom. The van der Waals surface area contributed by atoms with E-state index in [1.807, 2.05) is 39.8 Å². The lowest BCUT2D eigenvalue weighted by molar-refractivity contribution is 0.356. The van der Waals surface area contributed by atoms with E-state index in [0.29, 0.717) is 48.0 Å². The van der Waals surface area contributed by atoms with E-state index in [-0.39, 0.29) is 23.1 Å². The second-order valence-electron chi connectivity index (χ2n) is 9.38. The highest BCUT2D eigenvalue weighted by Gasteiger charge is 2.19. The van der Waals surface area contributed by atoms with Crippen molar-refractivity contribution in [3.63, 3.8) is 0 Å². The van der Waals surface area contributed by atoms with Gasteiger partial charge in [0, 0.05) is 37.3 Å². The molecule has 0 fully saturated rings. The number of hydrogen-bond acceptors (Lipinski definition) is 6. The molecular weight excluding hydrogens is 434 g/mol. The first-order valence-corrected chi connectivity index (χ1v) is 11.4. The first-order chi connectivity index (χ1) is 16.2. The summed E-state index contributed by atoms with van der Waals surface area (Å²) in [6.45, 7) is 8.87. The van der Waals surface area contributed by atoms with Gasteiger partial charge in [0.25, 0.3) is 5.56 Å². The smallest absolute Gasteiger partial charge is 0.332 e. The SMILES string of the molecule is COc1cc2cncc(Cc3nc4c([nH]3)c(=O)n(CC(C)C)c(=O)n4CC(C)C)c2cc1OC. The predicted octanol–water partition coefficient (Wildman–Crippen LogP) is 3.35. The number of rotatable bonds is 8. The van der Waals surface area contributed by atoms with Gasteiger partial charge >= 0.3 is 5.69 Å². The van der Waals surface area contributed by atoms with Crippen molar-refractivity contribution in [1.82, 2.24) is 24.1 Å². The number of methoxy groups -OCH3 is 2. The molecule has 4 aromatic rings. The summed E-state index contributed by atoms with van der Waals surface area (Å²) in [4.78, 5) is 38.6. The summed E-state index contributed by atoms with van der Waals surface area (Å²) in [6, 6.07) is 3.80. The summed E-state index contributed by atoms with van der Waals surface area (Å²) in [5.74, 6) is 2.22. The average molecular weight is 466 g/mol. The highest BCUT2D eigenvalue weighted by Crippen LogP contribution is 2.33. The number of H-pyrrole nitrogens is 1. The number of fused-ring (bicyclic) bond motifs is 2. The molecule has 0 aliphatic carbocycles. The Morgan fingerprint density at radius 2 is 1.59 bits per heavy atom. The summed E-state index contributed by atoms with van der Waals surface area (Å²) in [6.07, 6.45) is 3.96. The molecule has 1 N–H and O–H groups in total. The lowest BCUT2D eigenvalue weighted by atomic mass is 10.0. The molecule has 0 aliphatic rings. The molecule has 0 amide bonds. The zero-order valence-electron chi connectivity index (χ0n) is 20.5. The van der Waals surface area contributed by atoms with Gasteiger partial charge in [0.05, 0.1) is 14.2 Å². The van der Waals surface area contributed by atoms with Gasteiger partial charge in [0.1, 0.15) is 11.3 Å². The molecule has 9 nitrogen and oxygen atoms in total. The van der Waals surface area contributed by atoms with Gasteiger partial charge in [-0.15, -0.1) is 0 Å². The Balaban J connectivity index is 1.87. The molecule has 0 bridgehead atoms. The maximum Gasteiger partial charge on any atom is 0.332 e. The molecule has 3 heterocycles. The lowest BCUT2D eigenvalue weighted by Gasteiger charge is -2.14. The Morgan fingerprint density at radius 1 is 0.941 bits per heavy atom. The fraction of sp³-hybridized carbons (Fsp3) is 0.440. The van der Waals surface area contributed by atoms with E-state index in [0.717, 1.165) is 16.3 Å². The third kappa shape index (κ3) is 4.30. The van der Waals surface area contributed by atoms with Crippen molar-refractivity contribution in [2.45, 2.75) is 47.2 Å². The quantitative estimate of drug-likeness (QED) is 0.428. The molecule has 0 saturated heterocycles. The fourth-order valence-corrected chi connectivity index (χ4v) is 4.23. The normalized spacial score (nSPS) is 11.8. The van der Waals surface area contributed by atoms with Crippen molar-refractivity contribution >= 4 is 21.9 Å². The number of benzene rings is 1. The zero-order valence-corrected chi connectivity index (χ0v) is 20.5. The van der Waals surface area contributed by atoms with Crippen LogP contribution >= 0.6 is 0 Å². The van der Waals surface area contributed by atoms with Gasteiger partial charge in [-0.3, -0.25) is 18.9 Å². The fourth-order valence-electron chi connectivity index (χ4n) is 4.23. The number of imidazole rings is 1. The molecule has 0 spiro atoms. The maximum absolute atomic E-state index is 13.2. The molecule has 0 atom stereocenters. The van der Waals surface area contributed by atoms with Crippen molar-refractivity contribution in [3.8, 4) is 11.5 Å². The van der Waals surface area contributed by atoms with Crippen LogP contribution in [0.2, 0.25) is 0 Å². The maximum atomic E-state index is 13.2. The summed E-state index contributed by atoms with van der Waals surface area (Å²) in [7, 11) is 3.19. The molecule has 0 unspecified atom stereocenters. The van der Waals surface area contributed by atoms with Crippen LogP contribution in [0.25, 0.3) is 21.9 Å². The van der Waals surface area contributed by atoms with E-state index in [2.05, 4.69) is 9.97 Å². The number of nitrogens with zero attached hydrogens (tertiary/aromatic N) is 4. The van der Waals surface area contributed by atoms with E-state index in [1.54, 1.807) is 31.2 Å². The minimum absolute atomic E-state index is 0.159. The second-order valence-corrected chi connectivity index (χ2v) is 9.38. The second kappa shape index (κ2) is 9.32. The minimum atomic E-state index is -0.338. The molecule has 1 aromatic carbocycles. The highest BCUT2D eigenvalue weighted by atomic mass is 16.5. The Bertz CT molecular complexity index is 1460. The number of aromatic amines is 1. The van der Waals surface area contributed by atoms with E-state index >= 15 is 0 Å². The van der Waals surface area contributed by atoms with Crippen LogP contribution in [0.4, 0.5) is 0 Å². The largest absolute Gasteiger partial charge is 0.493 e. The van der Waals surface area contributed by atoms with E-state index < -0.39 is 0 Å². The molecule has 34 heavy (non-hydrogen) atoms. The van der Waals surface area contributed by atoms with Gasteiger partial charge in [-0.05, 0) is 34.9 Å². The van der Waals surface area contributed by atoms with Gasteiger partial charge in [0.2, 0.25) is 0 Å². The third-order valence-corrected chi connectivity index (χ3v) is 5.71. The summed E-state index contributed by atoms with van der Waals surface area (Å²) in [5.41, 5.74) is 1.00. The number of nitrogens with one attached hydrogen (secondary N) is 1. The van der Waals surface area contributed by atoms with E-state index in [9.17, 15) is 9.59 Å². The number of aromatic nitrogens is 5. The zero-order chi connectivity index (χ0) is 24.6. The van der Waals surface area contributed by atoms with E-state index in [4.69, 9.17) is 14.5 Å². The monoisotopic (exact) mass is 465 g/mol. The van der Waals surface area contributed by atoms with E-state index in [1.165, 1.54) is 4.57 Å². The van der Waals surface area contributed by atoms with Crippen LogP contribution in [0, 0.1) is 11.8 Å². The van der Waals surface area contributed by atoms with Crippen molar-refractivity contribution in [2.24, 2.45) is 11.8 Å². The van der Waals surface area contributed by atoms with Crippen LogP contribution in [-0.4, -0.2) is 38.3 Å². The van der Waals surface area contributed by atoms with Crippen molar-refractivity contribution in [2.75, 3.05) is 14.2 Å². The topological polar surface area (TPSA) is 104 Å². The molecule has 0 aliphatic heterocycles. The van der Waals surface area contributed by atoms with Gasteiger partial charge in [-0.25, -0.2) is 9.78 Å². The number of hydrogen-bond donors (Lipinski definition) is 1. The molecule has 0 saturated carbocycles. The Labute approximate surface area is 197 Å². The number of pyridine rings is 1. The summed E-state index contributed by atoms with van der Waals surface area (Å²) >= 11 is 0. The van der Waals surface area contributed by atoms with Gasteiger partial charge in [-0.2, -0.15) is 0 Å². The molecule has 180 valence electrons. The third-order valence-electron chi connectivity index (χ3n) is 5.71. The first kappa shape index (κ1) is 23.5. The molecule has 4 rings (SSSR count). The Kier molecular flexibility index (Phi) is 6.45. The molecule has 0 radical (unpaired) electrons. The van der Waals surface area contributed by atoms with Gasteiger partial charge in [0.15, 0.2) is 17.1 Å². The average Bonchev–Trinajstić information content (AvgIpc) is 3.22. The molecular formula is C25H31N5O4.